The Bertz CT molecular complexity index is 441. The van der Waals surface area contributed by atoms with Crippen molar-refractivity contribution in [1.29, 1.82) is 0 Å². The molecule has 1 spiro atoms. The van der Waals surface area contributed by atoms with Crippen molar-refractivity contribution < 1.29 is 23.1 Å². The Balaban J connectivity index is 1.47. The van der Waals surface area contributed by atoms with Gasteiger partial charge in [0.05, 0.1) is 0 Å². The van der Waals surface area contributed by atoms with Crippen molar-refractivity contribution in [3.8, 4) is 0 Å². The molecule has 0 aromatic rings. The molecule has 3 rings (SSSR count). The van der Waals surface area contributed by atoms with Crippen LogP contribution in [-0.4, -0.2) is 65.8 Å². The molecule has 0 radical (unpaired) electrons. The van der Waals surface area contributed by atoms with Gasteiger partial charge in [-0.1, -0.05) is 0 Å². The van der Waals surface area contributed by atoms with Gasteiger partial charge in [0.2, 0.25) is 5.91 Å². The molecule has 2 saturated heterocycles. The Kier molecular flexibility index (Phi) is 4.62. The second-order valence-electron chi connectivity index (χ2n) is 7.36. The molecular formula is C16H25F3N2O2. The van der Waals surface area contributed by atoms with Crippen LogP contribution in [0.1, 0.15) is 38.5 Å². The normalized spacial score (nSPS) is 29.6. The molecule has 132 valence electrons. The maximum Gasteiger partial charge on any atom is 0.415 e. The van der Waals surface area contributed by atoms with Crippen LogP contribution in [0.3, 0.4) is 0 Å². The number of carbonyl (C=O) groups excluding carboxylic acids is 1. The van der Waals surface area contributed by atoms with Crippen LogP contribution >= 0.6 is 0 Å². The standard InChI is InChI=1S/C16H25F3N2O2/c17-16(18,19)13(22)11-20-8-4-15(5-9-20)10-12(15)14(23)21-6-2-1-3-7-21/h12-13,22H,1-11H2. The molecule has 2 unspecified atom stereocenters. The maximum atomic E-state index is 12.5. The van der Waals surface area contributed by atoms with Gasteiger partial charge in [0, 0.05) is 25.6 Å². The minimum atomic E-state index is -4.55. The van der Waals surface area contributed by atoms with E-state index >= 15 is 0 Å². The predicted octanol–water partition coefficient (Wildman–Crippen LogP) is 2.02. The zero-order chi connectivity index (χ0) is 16.7. The lowest BCUT2D eigenvalue weighted by Crippen LogP contribution is -2.45. The van der Waals surface area contributed by atoms with Crippen LogP contribution in [0.4, 0.5) is 13.2 Å². The average Bonchev–Trinajstić information content (AvgIpc) is 3.23. The number of carbonyl (C=O) groups is 1. The van der Waals surface area contributed by atoms with Crippen molar-refractivity contribution in [2.45, 2.75) is 50.8 Å². The molecule has 1 N–H and O–H groups in total. The molecule has 23 heavy (non-hydrogen) atoms. The van der Waals surface area contributed by atoms with Gasteiger partial charge in [-0.05, 0) is 57.0 Å². The van der Waals surface area contributed by atoms with Crippen LogP contribution in [-0.2, 0) is 4.79 Å². The fourth-order valence-electron chi connectivity index (χ4n) is 4.11. The van der Waals surface area contributed by atoms with Gasteiger partial charge in [-0.15, -0.1) is 0 Å². The lowest BCUT2D eigenvalue weighted by Gasteiger charge is -2.35. The second-order valence-corrected chi connectivity index (χ2v) is 7.36. The smallest absolute Gasteiger partial charge is 0.382 e. The first-order chi connectivity index (χ1) is 10.8. The molecule has 1 amide bonds. The van der Waals surface area contributed by atoms with Crippen molar-refractivity contribution in [2.75, 3.05) is 32.7 Å². The number of aliphatic hydroxyl groups excluding tert-OH is 1. The molecule has 0 bridgehead atoms. The minimum absolute atomic E-state index is 0.0220. The predicted molar refractivity (Wildman–Crippen MR) is 78.7 cm³/mol. The average molecular weight is 334 g/mol. The first-order valence-corrected chi connectivity index (χ1v) is 8.58. The third-order valence-electron chi connectivity index (χ3n) is 5.82. The highest BCUT2D eigenvalue weighted by atomic mass is 19.4. The summed E-state index contributed by atoms with van der Waals surface area (Å²) in [7, 11) is 0. The third-order valence-corrected chi connectivity index (χ3v) is 5.82. The van der Waals surface area contributed by atoms with E-state index in [1.807, 2.05) is 4.90 Å². The summed E-state index contributed by atoms with van der Waals surface area (Å²) in [5.74, 6) is 0.337. The summed E-state index contributed by atoms with van der Waals surface area (Å²) in [4.78, 5) is 16.2. The molecule has 2 atom stereocenters. The quantitative estimate of drug-likeness (QED) is 0.859. The maximum absolute atomic E-state index is 12.5. The number of likely N-dealkylation sites (tertiary alicyclic amines) is 2. The zero-order valence-corrected chi connectivity index (χ0v) is 13.3. The van der Waals surface area contributed by atoms with Crippen molar-refractivity contribution in [3.05, 3.63) is 0 Å². The number of piperidine rings is 2. The summed E-state index contributed by atoms with van der Waals surface area (Å²) in [6, 6.07) is 0. The van der Waals surface area contributed by atoms with Crippen LogP contribution in [0.5, 0.6) is 0 Å². The lowest BCUT2D eigenvalue weighted by atomic mass is 9.90. The summed E-state index contributed by atoms with van der Waals surface area (Å²) in [5, 5.41) is 9.17. The number of β-amino-alcohol motifs (C(OH)–C–C–N with tert-alkyl or cyclic N) is 1. The fourth-order valence-corrected chi connectivity index (χ4v) is 4.11. The summed E-state index contributed by atoms with van der Waals surface area (Å²) in [6.07, 6.45) is -1.07. The molecule has 0 aromatic carbocycles. The van der Waals surface area contributed by atoms with E-state index in [1.54, 1.807) is 4.90 Å². The topological polar surface area (TPSA) is 43.8 Å². The van der Waals surface area contributed by atoms with Gasteiger partial charge in [0.25, 0.3) is 0 Å². The summed E-state index contributed by atoms with van der Waals surface area (Å²) >= 11 is 0. The summed E-state index contributed by atoms with van der Waals surface area (Å²) in [6.45, 7) is 2.43. The van der Waals surface area contributed by atoms with Gasteiger partial charge >= 0.3 is 6.18 Å². The highest BCUT2D eigenvalue weighted by molar-refractivity contribution is 5.82. The van der Waals surface area contributed by atoms with Crippen molar-refractivity contribution in [1.82, 2.24) is 9.80 Å². The highest BCUT2D eigenvalue weighted by Gasteiger charge is 2.59. The molecule has 1 saturated carbocycles. The van der Waals surface area contributed by atoms with E-state index in [9.17, 15) is 18.0 Å². The first-order valence-electron chi connectivity index (χ1n) is 8.58. The van der Waals surface area contributed by atoms with E-state index in [-0.39, 0.29) is 23.8 Å². The summed E-state index contributed by atoms with van der Waals surface area (Å²) in [5.41, 5.74) is 0.0220. The molecular weight excluding hydrogens is 309 g/mol. The van der Waals surface area contributed by atoms with E-state index in [4.69, 9.17) is 5.11 Å². The van der Waals surface area contributed by atoms with Crippen LogP contribution in [0.15, 0.2) is 0 Å². The third kappa shape index (κ3) is 3.65. The number of amides is 1. The Labute approximate surface area is 134 Å². The zero-order valence-electron chi connectivity index (χ0n) is 13.3. The number of halogens is 3. The van der Waals surface area contributed by atoms with Crippen LogP contribution in [0.2, 0.25) is 0 Å². The van der Waals surface area contributed by atoms with Crippen LogP contribution in [0.25, 0.3) is 0 Å². The number of hydrogen-bond donors (Lipinski definition) is 1. The van der Waals surface area contributed by atoms with E-state index < -0.39 is 12.3 Å². The molecule has 2 aliphatic heterocycles. The highest BCUT2D eigenvalue weighted by Crippen LogP contribution is 2.60. The van der Waals surface area contributed by atoms with Gasteiger partial charge in [-0.25, -0.2) is 0 Å². The van der Waals surface area contributed by atoms with Gasteiger partial charge in [0.15, 0.2) is 6.10 Å². The number of nitrogens with zero attached hydrogens (tertiary/aromatic N) is 2. The van der Waals surface area contributed by atoms with E-state index in [2.05, 4.69) is 0 Å². The number of hydrogen-bond acceptors (Lipinski definition) is 3. The van der Waals surface area contributed by atoms with Crippen LogP contribution < -0.4 is 0 Å². The minimum Gasteiger partial charge on any atom is -0.382 e. The molecule has 1 aliphatic carbocycles. The molecule has 0 aromatic heterocycles. The molecule has 3 fully saturated rings. The Morgan fingerprint density at radius 1 is 1.13 bits per heavy atom. The monoisotopic (exact) mass is 334 g/mol. The lowest BCUT2D eigenvalue weighted by molar-refractivity contribution is -0.208. The second kappa shape index (κ2) is 6.24. The van der Waals surface area contributed by atoms with Crippen molar-refractivity contribution in [3.63, 3.8) is 0 Å². The first kappa shape index (κ1) is 17.0. The molecule has 4 nitrogen and oxygen atoms in total. The number of alkyl halides is 3. The Morgan fingerprint density at radius 3 is 2.30 bits per heavy atom. The van der Waals surface area contributed by atoms with E-state index in [0.29, 0.717) is 13.1 Å². The Morgan fingerprint density at radius 2 is 1.74 bits per heavy atom. The summed E-state index contributed by atoms with van der Waals surface area (Å²) < 4.78 is 37.2. The fraction of sp³-hybridized carbons (Fsp3) is 0.938. The largest absolute Gasteiger partial charge is 0.415 e. The van der Waals surface area contributed by atoms with E-state index in [1.165, 1.54) is 6.42 Å². The van der Waals surface area contributed by atoms with Gasteiger partial charge in [-0.3, -0.25) is 4.79 Å². The SMILES string of the molecule is O=C(C1CC12CCN(CC(O)C(F)(F)F)CC2)N1CCCCC1. The molecule has 3 aliphatic rings. The van der Waals surface area contributed by atoms with Gasteiger partial charge < -0.3 is 14.9 Å². The van der Waals surface area contributed by atoms with Crippen molar-refractivity contribution in [2.24, 2.45) is 11.3 Å². The molecule has 7 heteroatoms. The van der Waals surface area contributed by atoms with Crippen LogP contribution in [0, 0.1) is 11.3 Å². The Hall–Kier alpha value is -0.820. The van der Waals surface area contributed by atoms with Crippen molar-refractivity contribution >= 4 is 5.91 Å². The van der Waals surface area contributed by atoms with Gasteiger partial charge in [0.1, 0.15) is 0 Å². The van der Waals surface area contributed by atoms with Gasteiger partial charge in [-0.2, -0.15) is 13.2 Å². The molecule has 2 heterocycles. The number of aliphatic hydroxyl groups is 1. The number of rotatable bonds is 3. The van der Waals surface area contributed by atoms with E-state index in [0.717, 1.165) is 45.2 Å².